The molecule has 1 N–H and O–H groups in total. The van der Waals surface area contributed by atoms with Gasteiger partial charge in [-0.2, -0.15) is 5.10 Å². The molecule has 124 valence electrons. The second-order valence-electron chi connectivity index (χ2n) is 5.48. The molecule has 1 aromatic heterocycles. The Bertz CT molecular complexity index is 1050. The van der Waals surface area contributed by atoms with Gasteiger partial charge in [0.15, 0.2) is 0 Å². The van der Waals surface area contributed by atoms with Crippen molar-refractivity contribution >= 4 is 20.8 Å². The Morgan fingerprint density at radius 3 is 2.29 bits per heavy atom. The fraction of sp³-hybridized carbons (Fsp3) is 0.176. The van der Waals surface area contributed by atoms with Crippen molar-refractivity contribution in [3.8, 4) is 11.3 Å². The van der Waals surface area contributed by atoms with Crippen LogP contribution in [-0.2, 0) is 22.8 Å². The quantitative estimate of drug-likeness (QED) is 0.781. The van der Waals surface area contributed by atoms with Crippen molar-refractivity contribution in [2.24, 2.45) is 7.05 Å². The number of nitrogens with zero attached hydrogens (tertiary/aromatic N) is 2. The monoisotopic (exact) mass is 343 g/mol. The molecule has 3 rings (SSSR count). The third kappa shape index (κ3) is 3.08. The van der Waals surface area contributed by atoms with E-state index in [2.05, 4.69) is 9.82 Å². The third-order valence-corrected chi connectivity index (χ3v) is 5.19. The first kappa shape index (κ1) is 16.4. The standard InChI is InChI=1S/C17H17N3O3S/c1-18-24(22,23)11-12-7-9-13(10-8-12)16-14-5-3-4-6-15(14)17(21)20(2)19-16/h3-10,18H,11H2,1-2H3. The molecular weight excluding hydrogens is 326 g/mol. The summed E-state index contributed by atoms with van der Waals surface area (Å²) in [6.45, 7) is 0. The van der Waals surface area contributed by atoms with E-state index < -0.39 is 10.0 Å². The van der Waals surface area contributed by atoms with Crippen molar-refractivity contribution in [3.05, 3.63) is 64.4 Å². The minimum absolute atomic E-state index is 0.0781. The van der Waals surface area contributed by atoms with Gasteiger partial charge >= 0.3 is 0 Å². The number of aryl methyl sites for hydroxylation is 1. The number of nitrogens with one attached hydrogen (secondary N) is 1. The van der Waals surface area contributed by atoms with E-state index in [4.69, 9.17) is 0 Å². The van der Waals surface area contributed by atoms with Crippen molar-refractivity contribution < 1.29 is 8.42 Å². The Balaban J connectivity index is 2.09. The second-order valence-corrected chi connectivity index (χ2v) is 7.41. The highest BCUT2D eigenvalue weighted by Gasteiger charge is 2.12. The number of aromatic nitrogens is 2. The first-order valence-corrected chi connectivity index (χ1v) is 9.03. The van der Waals surface area contributed by atoms with Crippen molar-refractivity contribution in [1.29, 1.82) is 0 Å². The van der Waals surface area contributed by atoms with E-state index in [9.17, 15) is 13.2 Å². The fourth-order valence-electron chi connectivity index (χ4n) is 2.56. The third-order valence-electron chi connectivity index (χ3n) is 3.85. The molecule has 0 aliphatic rings. The van der Waals surface area contributed by atoms with Crippen LogP contribution in [0.3, 0.4) is 0 Å². The lowest BCUT2D eigenvalue weighted by molar-refractivity contribution is 0.587. The van der Waals surface area contributed by atoms with Crippen molar-refractivity contribution in [1.82, 2.24) is 14.5 Å². The molecular formula is C17H17N3O3S. The van der Waals surface area contributed by atoms with Crippen LogP contribution >= 0.6 is 0 Å². The van der Waals surface area contributed by atoms with E-state index in [1.165, 1.54) is 11.7 Å². The van der Waals surface area contributed by atoms with Crippen LogP contribution in [0.1, 0.15) is 5.56 Å². The highest BCUT2D eigenvalue weighted by Crippen LogP contribution is 2.25. The van der Waals surface area contributed by atoms with Gasteiger partial charge in [-0.25, -0.2) is 17.8 Å². The summed E-state index contributed by atoms with van der Waals surface area (Å²) in [5, 5.41) is 5.74. The highest BCUT2D eigenvalue weighted by molar-refractivity contribution is 7.88. The van der Waals surface area contributed by atoms with Crippen molar-refractivity contribution in [2.75, 3.05) is 7.05 Å². The Morgan fingerprint density at radius 1 is 1.04 bits per heavy atom. The summed E-state index contributed by atoms with van der Waals surface area (Å²) in [5.74, 6) is -0.0781. The van der Waals surface area contributed by atoms with Gasteiger partial charge in [-0.15, -0.1) is 0 Å². The zero-order valence-corrected chi connectivity index (χ0v) is 14.2. The van der Waals surface area contributed by atoms with E-state index in [1.54, 1.807) is 25.2 Å². The summed E-state index contributed by atoms with van der Waals surface area (Å²) >= 11 is 0. The topological polar surface area (TPSA) is 81.1 Å². The van der Waals surface area contributed by atoms with Crippen LogP contribution in [-0.4, -0.2) is 25.2 Å². The van der Waals surface area contributed by atoms with Crippen LogP contribution < -0.4 is 10.3 Å². The predicted molar refractivity (Wildman–Crippen MR) is 94.1 cm³/mol. The summed E-state index contributed by atoms with van der Waals surface area (Å²) in [6, 6.07) is 14.5. The number of sulfonamides is 1. The molecule has 0 fully saturated rings. The summed E-state index contributed by atoms with van der Waals surface area (Å²) < 4.78 is 26.9. The van der Waals surface area contributed by atoms with Gasteiger partial charge in [0, 0.05) is 18.0 Å². The Morgan fingerprint density at radius 2 is 1.67 bits per heavy atom. The minimum atomic E-state index is -3.31. The van der Waals surface area contributed by atoms with Crippen LogP contribution in [0.25, 0.3) is 22.0 Å². The molecule has 1 heterocycles. The predicted octanol–water partition coefficient (Wildman–Crippen LogP) is 1.65. The van der Waals surface area contributed by atoms with Gasteiger partial charge in [-0.3, -0.25) is 4.79 Å². The minimum Gasteiger partial charge on any atom is -0.267 e. The highest BCUT2D eigenvalue weighted by atomic mass is 32.2. The van der Waals surface area contributed by atoms with Crippen molar-refractivity contribution in [2.45, 2.75) is 5.75 Å². The van der Waals surface area contributed by atoms with Crippen LogP contribution in [0.15, 0.2) is 53.3 Å². The van der Waals surface area contributed by atoms with E-state index >= 15 is 0 Å². The SMILES string of the molecule is CNS(=O)(=O)Cc1ccc(-c2nn(C)c(=O)c3ccccc23)cc1. The Labute approximate surface area is 139 Å². The molecule has 0 atom stereocenters. The van der Waals surface area contributed by atoms with Crippen LogP contribution in [0, 0.1) is 0 Å². The normalized spacial score (nSPS) is 11.8. The van der Waals surface area contributed by atoms with Gasteiger partial charge in [-0.05, 0) is 18.7 Å². The number of hydrogen-bond donors (Lipinski definition) is 1. The number of fused-ring (bicyclic) bond motifs is 1. The first-order chi connectivity index (χ1) is 11.4. The molecule has 0 aliphatic heterocycles. The van der Waals surface area contributed by atoms with Gasteiger partial charge in [0.2, 0.25) is 10.0 Å². The molecule has 0 saturated heterocycles. The van der Waals surface area contributed by atoms with Crippen LogP contribution in [0.2, 0.25) is 0 Å². The van der Waals surface area contributed by atoms with Crippen LogP contribution in [0.4, 0.5) is 0 Å². The summed E-state index contributed by atoms with van der Waals surface area (Å²) in [6.07, 6.45) is 0. The second kappa shape index (κ2) is 6.18. The van der Waals surface area contributed by atoms with Gasteiger partial charge in [0.05, 0.1) is 16.8 Å². The molecule has 2 aromatic carbocycles. The Hall–Kier alpha value is -2.51. The van der Waals surface area contributed by atoms with E-state index in [0.29, 0.717) is 16.6 Å². The number of hydrogen-bond acceptors (Lipinski definition) is 4. The molecule has 0 saturated carbocycles. The van der Waals surface area contributed by atoms with Crippen molar-refractivity contribution in [3.63, 3.8) is 0 Å². The van der Waals surface area contributed by atoms with E-state index in [1.807, 2.05) is 30.3 Å². The van der Waals surface area contributed by atoms with Gasteiger partial charge < -0.3 is 0 Å². The maximum Gasteiger partial charge on any atom is 0.274 e. The molecule has 0 aliphatic carbocycles. The molecule has 0 amide bonds. The smallest absolute Gasteiger partial charge is 0.267 e. The Kier molecular flexibility index (Phi) is 4.21. The summed E-state index contributed by atoms with van der Waals surface area (Å²) in [4.78, 5) is 12.2. The van der Waals surface area contributed by atoms with Gasteiger partial charge in [0.1, 0.15) is 0 Å². The molecule has 0 bridgehead atoms. The molecule has 6 nitrogen and oxygen atoms in total. The van der Waals surface area contributed by atoms with E-state index in [-0.39, 0.29) is 11.3 Å². The number of benzene rings is 2. The lowest BCUT2D eigenvalue weighted by atomic mass is 10.0. The lowest BCUT2D eigenvalue weighted by Gasteiger charge is -2.09. The maximum absolute atomic E-state index is 12.2. The lowest BCUT2D eigenvalue weighted by Crippen LogP contribution is -2.20. The van der Waals surface area contributed by atoms with Gasteiger partial charge in [0.25, 0.3) is 5.56 Å². The average molecular weight is 343 g/mol. The first-order valence-electron chi connectivity index (χ1n) is 7.38. The summed E-state index contributed by atoms with van der Waals surface area (Å²) in [7, 11) is -0.298. The largest absolute Gasteiger partial charge is 0.274 e. The van der Waals surface area contributed by atoms with Gasteiger partial charge in [-0.1, -0.05) is 42.5 Å². The molecule has 0 radical (unpaired) electrons. The fourth-order valence-corrected chi connectivity index (χ4v) is 3.34. The molecule has 7 heteroatoms. The number of rotatable bonds is 4. The molecule has 0 spiro atoms. The zero-order chi connectivity index (χ0) is 17.3. The summed E-state index contributed by atoms with van der Waals surface area (Å²) in [5.41, 5.74) is 2.05. The average Bonchev–Trinajstić information content (AvgIpc) is 2.59. The molecule has 24 heavy (non-hydrogen) atoms. The molecule has 0 unspecified atom stereocenters. The molecule has 3 aromatic rings. The van der Waals surface area contributed by atoms with Crippen LogP contribution in [0.5, 0.6) is 0 Å². The zero-order valence-electron chi connectivity index (χ0n) is 13.4. The maximum atomic E-state index is 12.2. The van der Waals surface area contributed by atoms with E-state index in [0.717, 1.165) is 10.9 Å².